The molecule has 78 valence electrons. The number of hydrogen-bond acceptors (Lipinski definition) is 3. The summed E-state index contributed by atoms with van der Waals surface area (Å²) in [5.74, 6) is -0.248. The predicted molar refractivity (Wildman–Crippen MR) is 69.5 cm³/mol. The summed E-state index contributed by atoms with van der Waals surface area (Å²) >= 11 is 9.16. The molecule has 1 aromatic carbocycles. The van der Waals surface area contributed by atoms with Gasteiger partial charge in [0, 0.05) is 8.95 Å². The third-order valence-corrected chi connectivity index (χ3v) is 3.62. The van der Waals surface area contributed by atoms with Gasteiger partial charge in [-0.05, 0) is 40.8 Å². The van der Waals surface area contributed by atoms with Gasteiger partial charge in [-0.3, -0.25) is 0 Å². The molecule has 0 unspecified atom stereocenters. The number of nitrogens with zero attached hydrogens (tertiary/aromatic N) is 1. The average molecular weight is 355 g/mol. The maximum Gasteiger partial charge on any atom is 0.188 e. The molecule has 1 aromatic heterocycles. The van der Waals surface area contributed by atoms with Crippen LogP contribution in [0.4, 0.5) is 15.2 Å². The van der Waals surface area contributed by atoms with Crippen LogP contribution in [-0.2, 0) is 0 Å². The summed E-state index contributed by atoms with van der Waals surface area (Å²) in [6.07, 6.45) is 0. The van der Waals surface area contributed by atoms with E-state index < -0.39 is 0 Å². The van der Waals surface area contributed by atoms with E-state index in [0.29, 0.717) is 10.3 Å². The summed E-state index contributed by atoms with van der Waals surface area (Å²) in [6, 6.07) is 4.53. The van der Waals surface area contributed by atoms with Crippen LogP contribution in [0.15, 0.2) is 23.6 Å². The van der Waals surface area contributed by atoms with E-state index in [1.54, 1.807) is 11.4 Å². The lowest BCUT2D eigenvalue weighted by molar-refractivity contribution is 0.627. The second kappa shape index (κ2) is 4.63. The van der Waals surface area contributed by atoms with Gasteiger partial charge in [-0.15, -0.1) is 11.3 Å². The van der Waals surface area contributed by atoms with Gasteiger partial charge in [0.15, 0.2) is 5.13 Å². The van der Waals surface area contributed by atoms with E-state index >= 15 is 0 Å². The Morgan fingerprint density at radius 2 is 2.27 bits per heavy atom. The lowest BCUT2D eigenvalue weighted by Gasteiger charge is -2.04. The Kier molecular flexibility index (Phi) is 3.42. The van der Waals surface area contributed by atoms with Crippen LogP contribution in [0.25, 0.3) is 0 Å². The van der Waals surface area contributed by atoms with Crippen LogP contribution in [-0.4, -0.2) is 4.98 Å². The fraction of sp³-hybridized carbons (Fsp3) is 0. The van der Waals surface area contributed by atoms with E-state index in [0.717, 1.165) is 9.26 Å². The van der Waals surface area contributed by atoms with Gasteiger partial charge >= 0.3 is 0 Å². The van der Waals surface area contributed by atoms with Crippen LogP contribution >= 0.6 is 45.5 Å². The summed E-state index contributed by atoms with van der Waals surface area (Å²) < 4.78 is 13.6. The lowest BCUT2D eigenvalue weighted by Crippen LogP contribution is -1.92. The minimum Gasteiger partial charge on any atom is -0.331 e. The Labute approximate surface area is 109 Å². The third-order valence-electron chi connectivity index (χ3n) is 1.65. The molecular weight excluding hydrogens is 350 g/mol. The lowest BCUT2D eigenvalue weighted by atomic mass is 10.3. The summed E-state index contributed by atoms with van der Waals surface area (Å²) in [5, 5.41) is 5.96. The fourth-order valence-electron chi connectivity index (χ4n) is 1.02. The second-order valence-corrected chi connectivity index (χ2v) is 5.13. The third kappa shape index (κ3) is 2.79. The Balaban J connectivity index is 2.24. The first-order chi connectivity index (χ1) is 7.15. The van der Waals surface area contributed by atoms with Gasteiger partial charge in [0.1, 0.15) is 11.0 Å². The molecule has 1 heterocycles. The van der Waals surface area contributed by atoms with Crippen LogP contribution in [0, 0.1) is 9.39 Å². The Morgan fingerprint density at radius 3 is 2.87 bits per heavy atom. The van der Waals surface area contributed by atoms with E-state index in [1.807, 2.05) is 0 Å². The molecule has 0 fully saturated rings. The number of thiazole rings is 1. The molecular formula is C9H5ClFIN2S. The number of hydrogen-bond donors (Lipinski definition) is 1. The van der Waals surface area contributed by atoms with Crippen LogP contribution in [0.2, 0.25) is 5.15 Å². The van der Waals surface area contributed by atoms with Gasteiger partial charge in [-0.2, -0.15) is 0 Å². The minimum absolute atomic E-state index is 0.248. The molecule has 0 atom stereocenters. The predicted octanol–water partition coefficient (Wildman–Crippen LogP) is 4.28. The molecule has 1 N–H and O–H groups in total. The highest BCUT2D eigenvalue weighted by Crippen LogP contribution is 2.26. The van der Waals surface area contributed by atoms with E-state index in [9.17, 15) is 4.39 Å². The largest absolute Gasteiger partial charge is 0.331 e. The molecule has 0 saturated carbocycles. The minimum atomic E-state index is -0.248. The number of halogens is 3. The van der Waals surface area contributed by atoms with Gasteiger partial charge in [-0.1, -0.05) is 11.6 Å². The van der Waals surface area contributed by atoms with Crippen molar-refractivity contribution >= 4 is 56.3 Å². The zero-order valence-corrected chi connectivity index (χ0v) is 11.0. The summed E-state index contributed by atoms with van der Waals surface area (Å²) in [4.78, 5) is 4.05. The maximum absolute atomic E-state index is 12.8. The normalized spacial score (nSPS) is 10.3. The zero-order chi connectivity index (χ0) is 10.8. The summed E-state index contributed by atoms with van der Waals surface area (Å²) in [5.41, 5.74) is 0.822. The van der Waals surface area contributed by atoms with Crippen LogP contribution in [0.3, 0.4) is 0 Å². The van der Waals surface area contributed by atoms with Crippen molar-refractivity contribution in [2.75, 3.05) is 5.32 Å². The molecule has 15 heavy (non-hydrogen) atoms. The number of nitrogens with one attached hydrogen (secondary N) is 1. The number of aromatic nitrogens is 1. The quantitative estimate of drug-likeness (QED) is 0.814. The molecule has 0 radical (unpaired) electrons. The van der Waals surface area contributed by atoms with Gasteiger partial charge in [0.2, 0.25) is 0 Å². The SMILES string of the molecule is Fc1ccc(Nc2nc(Cl)cs2)c(I)c1. The van der Waals surface area contributed by atoms with Crippen LogP contribution in [0.1, 0.15) is 0 Å². The monoisotopic (exact) mass is 354 g/mol. The molecule has 0 aliphatic carbocycles. The van der Waals surface area contributed by atoms with E-state index in [4.69, 9.17) is 11.6 Å². The molecule has 0 saturated heterocycles. The van der Waals surface area contributed by atoms with Crippen molar-refractivity contribution in [3.05, 3.63) is 38.1 Å². The first-order valence-corrected chi connectivity index (χ1v) is 6.32. The maximum atomic E-state index is 12.8. The van der Waals surface area contributed by atoms with E-state index in [2.05, 4.69) is 32.9 Å². The van der Waals surface area contributed by atoms with Crippen molar-refractivity contribution in [2.24, 2.45) is 0 Å². The molecule has 0 aliphatic rings. The number of benzene rings is 1. The first kappa shape index (κ1) is 11.1. The van der Waals surface area contributed by atoms with E-state index in [1.165, 1.54) is 23.5 Å². The van der Waals surface area contributed by atoms with E-state index in [-0.39, 0.29) is 5.82 Å². The van der Waals surface area contributed by atoms with Gasteiger partial charge < -0.3 is 5.32 Å². The Morgan fingerprint density at radius 1 is 1.47 bits per heavy atom. The molecule has 0 spiro atoms. The molecule has 0 aliphatic heterocycles. The standard InChI is InChI=1S/C9H5ClFIN2S/c10-8-4-15-9(14-8)13-7-2-1-5(11)3-6(7)12/h1-4H,(H,13,14). The number of rotatable bonds is 2. The Bertz CT molecular complexity index is 489. The van der Waals surface area contributed by atoms with Crippen molar-refractivity contribution in [1.82, 2.24) is 4.98 Å². The van der Waals surface area contributed by atoms with Gasteiger partial charge in [0.25, 0.3) is 0 Å². The number of anilines is 2. The van der Waals surface area contributed by atoms with Crippen molar-refractivity contribution in [1.29, 1.82) is 0 Å². The topological polar surface area (TPSA) is 24.9 Å². The highest BCUT2D eigenvalue weighted by atomic mass is 127. The smallest absolute Gasteiger partial charge is 0.188 e. The van der Waals surface area contributed by atoms with Gasteiger partial charge in [0.05, 0.1) is 5.69 Å². The van der Waals surface area contributed by atoms with Crippen molar-refractivity contribution in [3.8, 4) is 0 Å². The van der Waals surface area contributed by atoms with Crippen molar-refractivity contribution < 1.29 is 4.39 Å². The highest BCUT2D eigenvalue weighted by Gasteiger charge is 2.04. The molecule has 6 heteroatoms. The van der Waals surface area contributed by atoms with Crippen molar-refractivity contribution in [3.63, 3.8) is 0 Å². The highest BCUT2D eigenvalue weighted by molar-refractivity contribution is 14.1. The molecule has 2 aromatic rings. The summed E-state index contributed by atoms with van der Waals surface area (Å²) in [7, 11) is 0. The molecule has 0 bridgehead atoms. The molecule has 2 rings (SSSR count). The molecule has 0 amide bonds. The van der Waals surface area contributed by atoms with Crippen LogP contribution in [0.5, 0.6) is 0 Å². The Hall–Kier alpha value is -0.400. The zero-order valence-electron chi connectivity index (χ0n) is 7.30. The second-order valence-electron chi connectivity index (χ2n) is 2.72. The first-order valence-electron chi connectivity index (χ1n) is 3.98. The summed E-state index contributed by atoms with van der Waals surface area (Å²) in [6.45, 7) is 0. The van der Waals surface area contributed by atoms with Crippen molar-refractivity contribution in [2.45, 2.75) is 0 Å². The molecule has 2 nitrogen and oxygen atoms in total. The van der Waals surface area contributed by atoms with Gasteiger partial charge in [-0.25, -0.2) is 9.37 Å². The fourth-order valence-corrected chi connectivity index (χ4v) is 2.48. The average Bonchev–Trinajstić information content (AvgIpc) is 2.56. The van der Waals surface area contributed by atoms with Crippen LogP contribution < -0.4 is 5.32 Å².